The summed E-state index contributed by atoms with van der Waals surface area (Å²) in [7, 11) is 3.71. The Labute approximate surface area is 72.2 Å². The molecule has 12 heavy (non-hydrogen) atoms. The van der Waals surface area contributed by atoms with Crippen molar-refractivity contribution in [2.45, 2.75) is 13.0 Å². The summed E-state index contributed by atoms with van der Waals surface area (Å²) in [5.74, 6) is 1.55. The molecule has 3 nitrogen and oxygen atoms in total. The molecule has 0 radical (unpaired) electrons. The molecule has 1 rings (SSSR count). The first-order valence-corrected chi connectivity index (χ1v) is 3.77. The van der Waals surface area contributed by atoms with Crippen LogP contribution in [0.15, 0.2) is 16.5 Å². The zero-order valence-corrected chi connectivity index (χ0v) is 7.53. The van der Waals surface area contributed by atoms with Gasteiger partial charge in [-0.05, 0) is 33.2 Å². The summed E-state index contributed by atoms with van der Waals surface area (Å²) in [5, 5.41) is 8.81. The molecule has 64 valence electrons. The molecule has 0 spiro atoms. The van der Waals surface area contributed by atoms with Gasteiger partial charge in [0.15, 0.2) is 6.04 Å². The quantitative estimate of drug-likeness (QED) is 0.668. The molecule has 0 saturated heterocycles. The van der Waals surface area contributed by atoms with Crippen LogP contribution in [0.3, 0.4) is 0 Å². The lowest BCUT2D eigenvalue weighted by atomic mass is 10.2. The number of aryl methyl sites for hydroxylation is 1. The largest absolute Gasteiger partial charge is 0.464 e. The second-order valence-electron chi connectivity index (χ2n) is 2.94. The average Bonchev–Trinajstić information content (AvgIpc) is 2.37. The predicted octanol–water partition coefficient (Wildman–Crippen LogP) is 1.71. The minimum Gasteiger partial charge on any atom is -0.464 e. The van der Waals surface area contributed by atoms with Gasteiger partial charge in [-0.15, -0.1) is 0 Å². The summed E-state index contributed by atoms with van der Waals surface area (Å²) in [5.41, 5.74) is 0. The molecular weight excluding hydrogens is 152 g/mol. The smallest absolute Gasteiger partial charge is 0.156 e. The Morgan fingerprint density at radius 2 is 2.17 bits per heavy atom. The molecule has 3 heteroatoms. The Balaban J connectivity index is 2.89. The fourth-order valence-electron chi connectivity index (χ4n) is 1.03. The molecule has 1 aromatic heterocycles. The molecule has 0 aliphatic heterocycles. The van der Waals surface area contributed by atoms with Crippen molar-refractivity contribution < 1.29 is 4.42 Å². The van der Waals surface area contributed by atoms with Crippen molar-refractivity contribution in [3.05, 3.63) is 23.7 Å². The van der Waals surface area contributed by atoms with Gasteiger partial charge in [-0.1, -0.05) is 0 Å². The zero-order chi connectivity index (χ0) is 9.14. The molecule has 0 fully saturated rings. The highest BCUT2D eigenvalue weighted by molar-refractivity contribution is 5.15. The van der Waals surface area contributed by atoms with E-state index < -0.39 is 0 Å². The second kappa shape index (κ2) is 3.42. The number of rotatable bonds is 2. The van der Waals surface area contributed by atoms with E-state index in [-0.39, 0.29) is 6.04 Å². The van der Waals surface area contributed by atoms with Crippen LogP contribution in [0, 0.1) is 18.3 Å². The highest BCUT2D eigenvalue weighted by Gasteiger charge is 2.15. The second-order valence-corrected chi connectivity index (χ2v) is 2.94. The van der Waals surface area contributed by atoms with Crippen LogP contribution in [0.5, 0.6) is 0 Å². The van der Waals surface area contributed by atoms with Crippen LogP contribution in [-0.4, -0.2) is 19.0 Å². The lowest BCUT2D eigenvalue weighted by molar-refractivity contribution is 0.307. The molecule has 0 amide bonds. The van der Waals surface area contributed by atoms with Gasteiger partial charge < -0.3 is 4.42 Å². The normalized spacial score (nSPS) is 12.9. The fraction of sp³-hybridized carbons (Fsp3) is 0.444. The van der Waals surface area contributed by atoms with E-state index in [4.69, 9.17) is 9.68 Å². The Bertz CT molecular complexity index is 296. The molecular formula is C9H12N2O. The number of nitrogens with zero attached hydrogens (tertiary/aromatic N) is 2. The third-order valence-electron chi connectivity index (χ3n) is 1.67. The molecule has 0 N–H and O–H groups in total. The van der Waals surface area contributed by atoms with Gasteiger partial charge in [-0.3, -0.25) is 4.90 Å². The van der Waals surface area contributed by atoms with Gasteiger partial charge in [-0.25, -0.2) is 0 Å². The van der Waals surface area contributed by atoms with E-state index in [2.05, 4.69) is 6.07 Å². The summed E-state index contributed by atoms with van der Waals surface area (Å²) < 4.78 is 5.33. The summed E-state index contributed by atoms with van der Waals surface area (Å²) in [4.78, 5) is 1.82. The minimum absolute atomic E-state index is 0.279. The Morgan fingerprint density at radius 3 is 2.50 bits per heavy atom. The van der Waals surface area contributed by atoms with Crippen molar-refractivity contribution in [1.82, 2.24) is 4.90 Å². The standard InChI is InChI=1S/C9H12N2O/c1-7-4-5-9(12-7)8(6-10)11(2)3/h4-5,8H,1-3H3/t8-/m1/s1. The van der Waals surface area contributed by atoms with Crippen molar-refractivity contribution in [3.63, 3.8) is 0 Å². The van der Waals surface area contributed by atoms with Crippen molar-refractivity contribution in [2.24, 2.45) is 0 Å². The van der Waals surface area contributed by atoms with Crippen LogP contribution in [0.25, 0.3) is 0 Å². The van der Waals surface area contributed by atoms with Crippen LogP contribution in [0.2, 0.25) is 0 Å². The van der Waals surface area contributed by atoms with Gasteiger partial charge in [0.1, 0.15) is 11.5 Å². The van der Waals surface area contributed by atoms with Gasteiger partial charge in [0.25, 0.3) is 0 Å². The molecule has 1 atom stereocenters. The highest BCUT2D eigenvalue weighted by Crippen LogP contribution is 2.19. The highest BCUT2D eigenvalue weighted by atomic mass is 16.3. The van der Waals surface area contributed by atoms with Gasteiger partial charge in [0.2, 0.25) is 0 Å². The molecule has 0 aromatic carbocycles. The maximum absolute atomic E-state index is 8.81. The number of nitriles is 1. The minimum atomic E-state index is -0.279. The van der Waals surface area contributed by atoms with Crippen LogP contribution in [-0.2, 0) is 0 Å². The topological polar surface area (TPSA) is 40.2 Å². The molecule has 0 bridgehead atoms. The van der Waals surface area contributed by atoms with Gasteiger partial charge in [0.05, 0.1) is 6.07 Å². The molecule has 1 heterocycles. The van der Waals surface area contributed by atoms with Gasteiger partial charge in [0, 0.05) is 0 Å². The van der Waals surface area contributed by atoms with E-state index >= 15 is 0 Å². The van der Waals surface area contributed by atoms with E-state index in [1.165, 1.54) is 0 Å². The van der Waals surface area contributed by atoms with E-state index in [9.17, 15) is 0 Å². The molecule has 0 unspecified atom stereocenters. The third kappa shape index (κ3) is 1.66. The first-order valence-electron chi connectivity index (χ1n) is 3.77. The number of hydrogen-bond acceptors (Lipinski definition) is 3. The van der Waals surface area contributed by atoms with E-state index in [0.717, 1.165) is 5.76 Å². The summed E-state index contributed by atoms with van der Waals surface area (Å²) in [6.07, 6.45) is 0. The van der Waals surface area contributed by atoms with E-state index in [1.807, 2.05) is 38.1 Å². The van der Waals surface area contributed by atoms with Crippen LogP contribution in [0.4, 0.5) is 0 Å². The number of furan rings is 1. The summed E-state index contributed by atoms with van der Waals surface area (Å²) in [6.45, 7) is 1.87. The predicted molar refractivity (Wildman–Crippen MR) is 45.5 cm³/mol. The summed E-state index contributed by atoms with van der Waals surface area (Å²) in [6, 6.07) is 5.59. The van der Waals surface area contributed by atoms with Crippen molar-refractivity contribution in [2.75, 3.05) is 14.1 Å². The molecule has 0 aliphatic rings. The molecule has 1 aromatic rings. The number of hydrogen-bond donors (Lipinski definition) is 0. The van der Waals surface area contributed by atoms with Crippen LogP contribution < -0.4 is 0 Å². The maximum atomic E-state index is 8.81. The van der Waals surface area contributed by atoms with Gasteiger partial charge >= 0.3 is 0 Å². The SMILES string of the molecule is Cc1ccc([C@@H](C#N)N(C)C)o1. The fourth-order valence-corrected chi connectivity index (χ4v) is 1.03. The maximum Gasteiger partial charge on any atom is 0.156 e. The zero-order valence-electron chi connectivity index (χ0n) is 7.53. The van der Waals surface area contributed by atoms with Crippen LogP contribution >= 0.6 is 0 Å². The average molecular weight is 164 g/mol. The monoisotopic (exact) mass is 164 g/mol. The Hall–Kier alpha value is -1.27. The molecule has 0 aliphatic carbocycles. The Morgan fingerprint density at radius 1 is 1.50 bits per heavy atom. The first-order chi connectivity index (χ1) is 5.65. The first kappa shape index (κ1) is 8.82. The van der Waals surface area contributed by atoms with Crippen LogP contribution in [0.1, 0.15) is 17.6 Å². The van der Waals surface area contributed by atoms with E-state index in [0.29, 0.717) is 5.76 Å². The van der Waals surface area contributed by atoms with Crippen molar-refractivity contribution in [3.8, 4) is 6.07 Å². The summed E-state index contributed by atoms with van der Waals surface area (Å²) >= 11 is 0. The lowest BCUT2D eigenvalue weighted by Crippen LogP contribution is -2.17. The van der Waals surface area contributed by atoms with Crippen molar-refractivity contribution >= 4 is 0 Å². The van der Waals surface area contributed by atoms with Crippen molar-refractivity contribution in [1.29, 1.82) is 5.26 Å². The van der Waals surface area contributed by atoms with E-state index in [1.54, 1.807) is 0 Å². The Kier molecular flexibility index (Phi) is 2.51. The lowest BCUT2D eigenvalue weighted by Gasteiger charge is -2.13. The third-order valence-corrected chi connectivity index (χ3v) is 1.67. The molecule has 0 saturated carbocycles. The van der Waals surface area contributed by atoms with Gasteiger partial charge in [-0.2, -0.15) is 5.26 Å².